The van der Waals surface area contributed by atoms with Crippen LogP contribution in [-0.2, 0) is 14.8 Å². The summed E-state index contributed by atoms with van der Waals surface area (Å²) >= 11 is 11.8. The number of anilines is 1. The molecule has 0 radical (unpaired) electrons. The average Bonchev–Trinajstić information content (AvgIpc) is 2.64. The molecule has 0 saturated heterocycles. The molecule has 0 aromatic heterocycles. The SMILES string of the molecule is COc1ccc(N([C@@H](C)C(=O)N/N=C\c2ccc(Cl)c(Cl)c2)S(C)(=O)=O)cc1. The number of hydrogen-bond acceptors (Lipinski definition) is 5. The number of nitrogens with one attached hydrogen (secondary N) is 1. The second-order valence-electron chi connectivity index (χ2n) is 5.84. The summed E-state index contributed by atoms with van der Waals surface area (Å²) in [4.78, 5) is 12.4. The molecule has 0 heterocycles. The molecule has 0 unspecified atom stereocenters. The van der Waals surface area contributed by atoms with Crippen LogP contribution in [-0.4, -0.2) is 39.9 Å². The maximum absolute atomic E-state index is 12.4. The van der Waals surface area contributed by atoms with Crippen LogP contribution in [0, 0.1) is 0 Å². The van der Waals surface area contributed by atoms with E-state index in [1.54, 1.807) is 42.5 Å². The number of hydrazone groups is 1. The Bertz CT molecular complexity index is 979. The largest absolute Gasteiger partial charge is 0.497 e. The van der Waals surface area contributed by atoms with Crippen LogP contribution in [0.2, 0.25) is 10.0 Å². The lowest BCUT2D eigenvalue weighted by Crippen LogP contribution is -2.46. The third-order valence-electron chi connectivity index (χ3n) is 3.75. The summed E-state index contributed by atoms with van der Waals surface area (Å²) in [5.74, 6) is -0.0296. The van der Waals surface area contributed by atoms with Crippen molar-refractivity contribution in [1.29, 1.82) is 0 Å². The van der Waals surface area contributed by atoms with Gasteiger partial charge in [-0.25, -0.2) is 13.8 Å². The first-order chi connectivity index (χ1) is 13.1. The van der Waals surface area contributed by atoms with Crippen LogP contribution in [0.5, 0.6) is 5.75 Å². The zero-order chi connectivity index (χ0) is 20.9. The minimum atomic E-state index is -3.72. The molecule has 1 atom stereocenters. The third-order valence-corrected chi connectivity index (χ3v) is 5.73. The van der Waals surface area contributed by atoms with E-state index in [-0.39, 0.29) is 0 Å². The lowest BCUT2D eigenvalue weighted by Gasteiger charge is -2.27. The fourth-order valence-electron chi connectivity index (χ4n) is 2.39. The van der Waals surface area contributed by atoms with Gasteiger partial charge in [0.05, 0.1) is 35.3 Å². The molecule has 1 N–H and O–H groups in total. The van der Waals surface area contributed by atoms with Crippen LogP contribution >= 0.6 is 23.2 Å². The maximum Gasteiger partial charge on any atom is 0.263 e. The van der Waals surface area contributed by atoms with E-state index in [0.29, 0.717) is 27.0 Å². The van der Waals surface area contributed by atoms with Crippen LogP contribution in [0.15, 0.2) is 47.6 Å². The molecule has 28 heavy (non-hydrogen) atoms. The van der Waals surface area contributed by atoms with Gasteiger partial charge in [-0.3, -0.25) is 9.10 Å². The van der Waals surface area contributed by atoms with Gasteiger partial charge in [-0.15, -0.1) is 0 Å². The lowest BCUT2D eigenvalue weighted by atomic mass is 10.2. The predicted octanol–water partition coefficient (Wildman–Crippen LogP) is 3.31. The summed E-state index contributed by atoms with van der Waals surface area (Å²) in [5, 5.41) is 4.61. The van der Waals surface area contributed by atoms with Crippen LogP contribution < -0.4 is 14.5 Å². The number of carbonyl (C=O) groups is 1. The number of sulfonamides is 1. The van der Waals surface area contributed by atoms with E-state index in [9.17, 15) is 13.2 Å². The van der Waals surface area contributed by atoms with Gasteiger partial charge in [-0.1, -0.05) is 29.3 Å². The minimum Gasteiger partial charge on any atom is -0.497 e. The summed E-state index contributed by atoms with van der Waals surface area (Å²) in [5.41, 5.74) is 3.29. The number of halogens is 2. The van der Waals surface area contributed by atoms with E-state index < -0.39 is 22.0 Å². The third kappa shape index (κ3) is 5.60. The number of carbonyl (C=O) groups excluding carboxylic acids is 1. The van der Waals surface area contributed by atoms with Gasteiger partial charge in [0.2, 0.25) is 10.0 Å². The summed E-state index contributed by atoms with van der Waals surface area (Å²) in [6.45, 7) is 1.47. The van der Waals surface area contributed by atoms with Gasteiger partial charge in [0.15, 0.2) is 0 Å². The zero-order valence-electron chi connectivity index (χ0n) is 15.4. The molecular weight excluding hydrogens is 425 g/mol. The Hall–Kier alpha value is -2.29. The molecule has 0 fully saturated rings. The Morgan fingerprint density at radius 1 is 1.18 bits per heavy atom. The van der Waals surface area contributed by atoms with Gasteiger partial charge in [-0.2, -0.15) is 5.10 Å². The van der Waals surface area contributed by atoms with Gasteiger partial charge in [0.1, 0.15) is 11.8 Å². The number of nitrogens with zero attached hydrogens (tertiary/aromatic N) is 2. The Kier molecular flexibility index (Phi) is 7.29. The Morgan fingerprint density at radius 3 is 2.36 bits per heavy atom. The van der Waals surface area contributed by atoms with E-state index in [1.165, 1.54) is 20.2 Å². The van der Waals surface area contributed by atoms with E-state index in [1.807, 2.05) is 0 Å². The highest BCUT2D eigenvalue weighted by atomic mass is 35.5. The molecule has 2 aromatic rings. The molecule has 0 spiro atoms. The first-order valence-electron chi connectivity index (χ1n) is 8.05. The van der Waals surface area contributed by atoms with Crippen LogP contribution in [0.1, 0.15) is 12.5 Å². The second-order valence-corrected chi connectivity index (χ2v) is 8.51. The summed E-state index contributed by atoms with van der Waals surface area (Å²) in [7, 11) is -2.22. The Labute approximate surface area is 173 Å². The van der Waals surface area contributed by atoms with E-state index in [4.69, 9.17) is 27.9 Å². The first kappa shape index (κ1) is 22.0. The van der Waals surface area contributed by atoms with Gasteiger partial charge < -0.3 is 4.74 Å². The second kappa shape index (κ2) is 9.27. The summed E-state index contributed by atoms with van der Waals surface area (Å²) in [6, 6.07) is 10.2. The monoisotopic (exact) mass is 443 g/mol. The molecule has 2 aromatic carbocycles. The molecule has 2 rings (SSSR count). The highest BCUT2D eigenvalue weighted by Crippen LogP contribution is 2.24. The smallest absolute Gasteiger partial charge is 0.263 e. The van der Waals surface area contributed by atoms with Crippen LogP contribution in [0.3, 0.4) is 0 Å². The highest BCUT2D eigenvalue weighted by Gasteiger charge is 2.29. The molecule has 150 valence electrons. The molecule has 10 heteroatoms. The Balaban J connectivity index is 2.16. The van der Waals surface area contributed by atoms with Crippen molar-refractivity contribution in [2.75, 3.05) is 17.7 Å². The van der Waals surface area contributed by atoms with Crippen molar-refractivity contribution in [3.63, 3.8) is 0 Å². The Morgan fingerprint density at radius 2 is 1.82 bits per heavy atom. The molecule has 0 aliphatic heterocycles. The van der Waals surface area contributed by atoms with Gasteiger partial charge in [0, 0.05) is 0 Å². The van der Waals surface area contributed by atoms with Crippen molar-refractivity contribution >= 4 is 51.0 Å². The quantitative estimate of drug-likeness (QED) is 0.524. The average molecular weight is 444 g/mol. The summed E-state index contributed by atoms with van der Waals surface area (Å²) < 4.78 is 30.6. The number of amides is 1. The van der Waals surface area contributed by atoms with Gasteiger partial charge in [0.25, 0.3) is 5.91 Å². The normalized spacial score (nSPS) is 12.6. The predicted molar refractivity (Wildman–Crippen MR) is 112 cm³/mol. The molecule has 0 saturated carbocycles. The van der Waals surface area contributed by atoms with Crippen LogP contribution in [0.25, 0.3) is 0 Å². The molecule has 0 aliphatic rings. The topological polar surface area (TPSA) is 88.1 Å². The molecule has 7 nitrogen and oxygen atoms in total. The number of methoxy groups -OCH3 is 1. The summed E-state index contributed by atoms with van der Waals surface area (Å²) in [6.07, 6.45) is 2.41. The molecule has 1 amide bonds. The fraction of sp³-hybridized carbons (Fsp3) is 0.222. The number of ether oxygens (including phenoxy) is 1. The standard InChI is InChI=1S/C18H19Cl2N3O4S/c1-12(18(24)22-21-11-13-4-9-16(19)17(20)10-13)23(28(3,25)26)14-5-7-15(27-2)8-6-14/h4-12H,1-3H3,(H,22,24)/b21-11-/t12-/m0/s1. The van der Waals surface area contributed by atoms with Crippen molar-refractivity contribution in [2.45, 2.75) is 13.0 Å². The van der Waals surface area contributed by atoms with Crippen molar-refractivity contribution < 1.29 is 17.9 Å². The highest BCUT2D eigenvalue weighted by molar-refractivity contribution is 7.92. The molecular formula is C18H19Cl2N3O4S. The van der Waals surface area contributed by atoms with Crippen molar-refractivity contribution in [2.24, 2.45) is 5.10 Å². The molecule has 0 aliphatic carbocycles. The lowest BCUT2D eigenvalue weighted by molar-refractivity contribution is -0.121. The number of benzene rings is 2. The molecule has 0 bridgehead atoms. The van der Waals surface area contributed by atoms with E-state index in [2.05, 4.69) is 10.5 Å². The van der Waals surface area contributed by atoms with Crippen molar-refractivity contribution in [1.82, 2.24) is 5.43 Å². The first-order valence-corrected chi connectivity index (χ1v) is 10.7. The maximum atomic E-state index is 12.4. The number of rotatable bonds is 7. The van der Waals surface area contributed by atoms with Crippen molar-refractivity contribution in [3.8, 4) is 5.75 Å². The zero-order valence-corrected chi connectivity index (χ0v) is 17.7. The van der Waals surface area contributed by atoms with Crippen LogP contribution in [0.4, 0.5) is 5.69 Å². The number of hydrogen-bond donors (Lipinski definition) is 1. The van der Waals surface area contributed by atoms with Crippen molar-refractivity contribution in [3.05, 3.63) is 58.1 Å². The van der Waals surface area contributed by atoms with E-state index >= 15 is 0 Å². The van der Waals surface area contributed by atoms with Gasteiger partial charge in [-0.05, 0) is 48.9 Å². The van der Waals surface area contributed by atoms with Gasteiger partial charge >= 0.3 is 0 Å². The van der Waals surface area contributed by atoms with E-state index in [0.717, 1.165) is 10.6 Å². The fourth-order valence-corrected chi connectivity index (χ4v) is 3.88. The minimum absolute atomic E-state index is 0.333.